The van der Waals surface area contributed by atoms with Gasteiger partial charge in [0.05, 0.1) is 0 Å². The van der Waals surface area contributed by atoms with Gasteiger partial charge in [-0.1, -0.05) is 0 Å². The maximum atomic E-state index is 4.20. The number of H-pyrrole nitrogens is 1. The summed E-state index contributed by atoms with van der Waals surface area (Å²) in [6, 6.07) is 0.652. The Bertz CT molecular complexity index is 418. The second-order valence-electron chi connectivity index (χ2n) is 7.64. The zero-order valence-corrected chi connectivity index (χ0v) is 12.4. The summed E-state index contributed by atoms with van der Waals surface area (Å²) >= 11 is 0. The van der Waals surface area contributed by atoms with Crippen LogP contribution >= 0.6 is 0 Å². The van der Waals surface area contributed by atoms with E-state index >= 15 is 0 Å². The molecule has 0 saturated heterocycles. The summed E-state index contributed by atoms with van der Waals surface area (Å²) in [5.74, 6) is 4.12. The molecule has 4 aliphatic carbocycles. The predicted octanol–water partition coefficient (Wildman–Crippen LogP) is 2.54. The molecule has 4 bridgehead atoms. The minimum absolute atomic E-state index is 0.607. The van der Waals surface area contributed by atoms with E-state index in [1.165, 1.54) is 38.5 Å². The molecule has 1 aromatic rings. The quantitative estimate of drug-likeness (QED) is 0.867. The van der Waals surface area contributed by atoms with E-state index in [-0.39, 0.29) is 0 Å². The fraction of sp³-hybridized carbons (Fsp3) is 0.875. The lowest BCUT2D eigenvalue weighted by molar-refractivity contribution is -0.0702. The number of nitrogens with one attached hydrogen (secondary N) is 2. The van der Waals surface area contributed by atoms with Crippen molar-refractivity contribution < 1.29 is 0 Å². The summed E-state index contributed by atoms with van der Waals surface area (Å²) in [4.78, 5) is 4.20. The van der Waals surface area contributed by atoms with E-state index in [1.807, 2.05) is 0 Å². The summed E-state index contributed by atoms with van der Waals surface area (Å²) in [6.07, 6.45) is 11.6. The van der Waals surface area contributed by atoms with Crippen molar-refractivity contribution in [2.45, 2.75) is 57.9 Å². The van der Waals surface area contributed by atoms with E-state index in [0.29, 0.717) is 11.5 Å². The van der Waals surface area contributed by atoms with E-state index in [0.717, 1.165) is 36.5 Å². The summed E-state index contributed by atoms with van der Waals surface area (Å²) < 4.78 is 0. The predicted molar refractivity (Wildman–Crippen MR) is 78.2 cm³/mol. The molecular formula is C16H26N4. The average Bonchev–Trinajstić information content (AvgIpc) is 2.90. The molecule has 4 fully saturated rings. The van der Waals surface area contributed by atoms with Crippen LogP contribution in [0.3, 0.4) is 0 Å². The summed E-state index contributed by atoms with van der Waals surface area (Å²) in [6.45, 7) is 3.44. The molecule has 1 unspecified atom stereocenters. The van der Waals surface area contributed by atoms with E-state index in [2.05, 4.69) is 27.4 Å². The third-order valence-electron chi connectivity index (χ3n) is 6.28. The number of nitrogens with zero attached hydrogens (tertiary/aromatic N) is 2. The van der Waals surface area contributed by atoms with Crippen molar-refractivity contribution in [3.05, 3.63) is 12.2 Å². The minimum atomic E-state index is 0.607. The summed E-state index contributed by atoms with van der Waals surface area (Å²) in [5.41, 5.74) is 0.607. The van der Waals surface area contributed by atoms with Gasteiger partial charge < -0.3 is 5.32 Å². The Morgan fingerprint density at radius 1 is 1.25 bits per heavy atom. The van der Waals surface area contributed by atoms with Gasteiger partial charge >= 0.3 is 0 Å². The van der Waals surface area contributed by atoms with E-state index in [1.54, 1.807) is 6.33 Å². The first-order valence-corrected chi connectivity index (χ1v) is 8.31. The molecule has 1 heterocycles. The lowest BCUT2D eigenvalue weighted by atomic mass is 9.48. The fourth-order valence-electron chi connectivity index (χ4n) is 5.68. The van der Waals surface area contributed by atoms with Gasteiger partial charge in [0.1, 0.15) is 12.2 Å². The molecule has 0 spiro atoms. The van der Waals surface area contributed by atoms with Crippen molar-refractivity contribution in [3.8, 4) is 0 Å². The normalized spacial score (nSPS) is 40.1. The lowest BCUT2D eigenvalue weighted by Crippen LogP contribution is -2.55. The van der Waals surface area contributed by atoms with Crippen molar-refractivity contribution in [1.29, 1.82) is 0 Å². The molecule has 0 aliphatic heterocycles. The summed E-state index contributed by atoms with van der Waals surface area (Å²) in [7, 11) is 0. The van der Waals surface area contributed by atoms with E-state index < -0.39 is 0 Å². The molecule has 4 nitrogen and oxygen atoms in total. The van der Waals surface area contributed by atoms with Crippen LogP contribution in [-0.2, 0) is 6.42 Å². The van der Waals surface area contributed by atoms with Gasteiger partial charge in [-0.3, -0.25) is 5.10 Å². The van der Waals surface area contributed by atoms with Gasteiger partial charge in [-0.25, -0.2) is 4.98 Å². The van der Waals surface area contributed by atoms with Gasteiger partial charge in [0.2, 0.25) is 0 Å². The molecule has 4 saturated carbocycles. The van der Waals surface area contributed by atoms with Gasteiger partial charge in [-0.2, -0.15) is 5.10 Å². The lowest BCUT2D eigenvalue weighted by Gasteiger charge is -2.59. The topological polar surface area (TPSA) is 53.6 Å². The molecular weight excluding hydrogens is 248 g/mol. The van der Waals surface area contributed by atoms with Crippen molar-refractivity contribution in [2.24, 2.45) is 23.2 Å². The average molecular weight is 274 g/mol. The van der Waals surface area contributed by atoms with Crippen LogP contribution in [0.4, 0.5) is 0 Å². The van der Waals surface area contributed by atoms with Crippen LogP contribution in [0.1, 0.15) is 51.3 Å². The molecule has 0 radical (unpaired) electrons. The minimum Gasteiger partial charge on any atom is -0.313 e. The van der Waals surface area contributed by atoms with Gasteiger partial charge in [0.25, 0.3) is 0 Å². The van der Waals surface area contributed by atoms with Gasteiger partial charge in [0, 0.05) is 19.0 Å². The van der Waals surface area contributed by atoms with Crippen LogP contribution in [0.15, 0.2) is 6.33 Å². The van der Waals surface area contributed by atoms with Crippen molar-refractivity contribution in [3.63, 3.8) is 0 Å². The highest BCUT2D eigenvalue weighted by atomic mass is 15.2. The number of aromatic nitrogens is 3. The Hall–Kier alpha value is -0.900. The first kappa shape index (κ1) is 12.8. The molecule has 4 aliphatic rings. The molecule has 1 atom stereocenters. The molecule has 1 aromatic heterocycles. The number of aromatic amines is 1. The van der Waals surface area contributed by atoms with E-state index in [9.17, 15) is 0 Å². The largest absolute Gasteiger partial charge is 0.313 e. The Morgan fingerprint density at radius 2 is 1.90 bits per heavy atom. The number of hydrogen-bond acceptors (Lipinski definition) is 3. The smallest absolute Gasteiger partial charge is 0.137 e. The zero-order valence-electron chi connectivity index (χ0n) is 12.4. The van der Waals surface area contributed by atoms with Gasteiger partial charge in [0.15, 0.2) is 0 Å². The zero-order chi connectivity index (χ0) is 13.6. The van der Waals surface area contributed by atoms with Crippen LogP contribution < -0.4 is 5.32 Å². The first-order chi connectivity index (χ1) is 9.73. The highest BCUT2D eigenvalue weighted by Crippen LogP contribution is 2.61. The first-order valence-electron chi connectivity index (χ1n) is 8.31. The number of rotatable bonds is 5. The maximum absolute atomic E-state index is 4.20. The van der Waals surface area contributed by atoms with Crippen LogP contribution in [0, 0.1) is 23.2 Å². The molecule has 2 N–H and O–H groups in total. The van der Waals surface area contributed by atoms with Crippen LogP contribution in [-0.4, -0.2) is 27.8 Å². The second-order valence-corrected chi connectivity index (χ2v) is 7.64. The standard InChI is InChI=1S/C16H26N4/c1-11(17-3-2-15-18-10-19-20-15)16-7-12-4-13(8-16)6-14(5-12)9-16/h10-14,17H,2-9H2,1H3,(H,18,19,20). The molecule has 0 aromatic carbocycles. The summed E-state index contributed by atoms with van der Waals surface area (Å²) in [5, 5.41) is 10.6. The maximum Gasteiger partial charge on any atom is 0.137 e. The Kier molecular flexibility index (Phi) is 3.09. The van der Waals surface area contributed by atoms with Crippen LogP contribution in [0.2, 0.25) is 0 Å². The van der Waals surface area contributed by atoms with Crippen LogP contribution in [0.5, 0.6) is 0 Å². The highest BCUT2D eigenvalue weighted by molar-refractivity contribution is 5.05. The third-order valence-corrected chi connectivity index (χ3v) is 6.28. The monoisotopic (exact) mass is 274 g/mol. The van der Waals surface area contributed by atoms with Crippen molar-refractivity contribution in [1.82, 2.24) is 20.5 Å². The Labute approximate surface area is 121 Å². The Balaban J connectivity index is 1.37. The molecule has 0 amide bonds. The van der Waals surface area contributed by atoms with Gasteiger partial charge in [-0.05, 0) is 68.6 Å². The van der Waals surface area contributed by atoms with Crippen molar-refractivity contribution >= 4 is 0 Å². The molecule has 5 rings (SSSR count). The molecule has 20 heavy (non-hydrogen) atoms. The van der Waals surface area contributed by atoms with E-state index in [4.69, 9.17) is 0 Å². The fourth-order valence-corrected chi connectivity index (χ4v) is 5.68. The SMILES string of the molecule is CC(NCCc1ncn[nH]1)C12CC3CC(CC(C3)C1)C2. The van der Waals surface area contributed by atoms with Crippen LogP contribution in [0.25, 0.3) is 0 Å². The number of hydrogen-bond donors (Lipinski definition) is 2. The molecule has 110 valence electrons. The third kappa shape index (κ3) is 2.18. The van der Waals surface area contributed by atoms with Gasteiger partial charge in [-0.15, -0.1) is 0 Å². The Morgan fingerprint density at radius 3 is 2.45 bits per heavy atom. The molecule has 4 heteroatoms. The highest BCUT2D eigenvalue weighted by Gasteiger charge is 2.52. The second kappa shape index (κ2) is 4.83. The van der Waals surface area contributed by atoms with Crippen molar-refractivity contribution in [2.75, 3.05) is 6.54 Å².